The summed E-state index contributed by atoms with van der Waals surface area (Å²) in [6.45, 7) is 1.84. The fourth-order valence-corrected chi connectivity index (χ4v) is 5.30. The van der Waals surface area contributed by atoms with Crippen LogP contribution in [0.15, 0.2) is 60.9 Å². The zero-order chi connectivity index (χ0) is 22.6. The molecule has 2 aromatic carbocycles. The molecule has 5 rings (SSSR count). The minimum absolute atomic E-state index is 0.341. The average Bonchev–Trinajstić information content (AvgIpc) is 3.09. The molecule has 1 N–H and O–H groups in total. The molecule has 0 radical (unpaired) electrons. The Bertz CT molecular complexity index is 1140. The zero-order valence-electron chi connectivity index (χ0n) is 19.2. The molecular formula is C28H31N3O2. The van der Waals surface area contributed by atoms with Crippen LogP contribution >= 0.6 is 0 Å². The van der Waals surface area contributed by atoms with E-state index in [1.807, 2.05) is 0 Å². The smallest absolute Gasteiger partial charge is 0.340 e. The number of pyridine rings is 1. The summed E-state index contributed by atoms with van der Waals surface area (Å²) >= 11 is 0. The van der Waals surface area contributed by atoms with Gasteiger partial charge in [0.15, 0.2) is 0 Å². The number of hydrogen-bond donors (Lipinski definition) is 1. The fraction of sp³-hybridized carbons (Fsp3) is 0.357. The molecule has 33 heavy (non-hydrogen) atoms. The van der Waals surface area contributed by atoms with Crippen LogP contribution in [0.25, 0.3) is 0 Å². The summed E-state index contributed by atoms with van der Waals surface area (Å²) in [6, 6.07) is 17.6. The predicted molar refractivity (Wildman–Crippen MR) is 133 cm³/mol. The molecule has 5 heteroatoms. The maximum atomic E-state index is 12.1. The van der Waals surface area contributed by atoms with Gasteiger partial charge < -0.3 is 15.0 Å². The number of aromatic nitrogens is 1. The van der Waals surface area contributed by atoms with E-state index in [9.17, 15) is 4.79 Å². The third-order valence-corrected chi connectivity index (χ3v) is 7.00. The molecule has 1 aliphatic carbocycles. The van der Waals surface area contributed by atoms with Crippen LogP contribution in [-0.4, -0.2) is 31.2 Å². The van der Waals surface area contributed by atoms with Crippen molar-refractivity contribution in [1.82, 2.24) is 4.98 Å². The van der Waals surface area contributed by atoms with Gasteiger partial charge in [0.1, 0.15) is 0 Å². The van der Waals surface area contributed by atoms with Crippen molar-refractivity contribution in [2.45, 2.75) is 44.4 Å². The van der Waals surface area contributed by atoms with Crippen molar-refractivity contribution < 1.29 is 9.53 Å². The molecule has 1 aliphatic heterocycles. The van der Waals surface area contributed by atoms with E-state index in [0.717, 1.165) is 38.0 Å². The average molecular weight is 442 g/mol. The Kier molecular flexibility index (Phi) is 6.29. The largest absolute Gasteiger partial charge is 0.465 e. The van der Waals surface area contributed by atoms with Gasteiger partial charge in [-0.2, -0.15) is 0 Å². The Morgan fingerprint density at radius 2 is 1.97 bits per heavy atom. The normalized spacial score (nSPS) is 17.5. The SMILES string of the molecule is COC(=O)c1ccncc1NC[C@@H]1CCCc2cc(N3CCCCc4ccccc43)ccc21. The van der Waals surface area contributed by atoms with Gasteiger partial charge in [0.05, 0.1) is 24.6 Å². The number of esters is 1. The minimum atomic E-state index is -0.341. The third kappa shape index (κ3) is 4.45. The Balaban J connectivity index is 1.37. The topological polar surface area (TPSA) is 54.5 Å². The summed E-state index contributed by atoms with van der Waals surface area (Å²) in [5, 5.41) is 3.46. The number of carbonyl (C=O) groups is 1. The number of fused-ring (bicyclic) bond motifs is 2. The van der Waals surface area contributed by atoms with Gasteiger partial charge in [0.2, 0.25) is 0 Å². The van der Waals surface area contributed by atoms with E-state index in [2.05, 4.69) is 57.7 Å². The number of ether oxygens (including phenoxy) is 1. The number of benzene rings is 2. The monoisotopic (exact) mass is 441 g/mol. The number of hydrogen-bond acceptors (Lipinski definition) is 5. The van der Waals surface area contributed by atoms with Crippen molar-refractivity contribution in [1.29, 1.82) is 0 Å². The van der Waals surface area contributed by atoms with Crippen LogP contribution < -0.4 is 10.2 Å². The summed E-state index contributed by atoms with van der Waals surface area (Å²) in [5.74, 6) is 0.0660. The first-order valence-electron chi connectivity index (χ1n) is 12.0. The lowest BCUT2D eigenvalue weighted by atomic mass is 9.82. The molecule has 2 heterocycles. The molecule has 0 unspecified atom stereocenters. The second kappa shape index (κ2) is 9.65. The molecule has 0 saturated heterocycles. The highest BCUT2D eigenvalue weighted by molar-refractivity contribution is 5.95. The maximum Gasteiger partial charge on any atom is 0.340 e. The number of para-hydroxylation sites is 1. The lowest BCUT2D eigenvalue weighted by Gasteiger charge is -2.30. The molecule has 0 bridgehead atoms. The highest BCUT2D eigenvalue weighted by Crippen LogP contribution is 2.38. The van der Waals surface area contributed by atoms with Crippen molar-refractivity contribution in [3.63, 3.8) is 0 Å². The molecule has 0 spiro atoms. The number of nitrogens with one attached hydrogen (secondary N) is 1. The number of nitrogens with zero attached hydrogens (tertiary/aromatic N) is 2. The van der Waals surface area contributed by atoms with E-state index in [1.165, 1.54) is 54.4 Å². The number of methoxy groups -OCH3 is 1. The van der Waals surface area contributed by atoms with Crippen LogP contribution in [0.4, 0.5) is 17.1 Å². The molecule has 0 saturated carbocycles. The van der Waals surface area contributed by atoms with Crippen LogP contribution in [0.3, 0.4) is 0 Å². The van der Waals surface area contributed by atoms with Crippen LogP contribution in [-0.2, 0) is 17.6 Å². The van der Waals surface area contributed by atoms with Gasteiger partial charge in [-0.1, -0.05) is 24.3 Å². The second-order valence-electron chi connectivity index (χ2n) is 9.00. The first-order chi connectivity index (χ1) is 16.2. The number of carbonyl (C=O) groups excluding carboxylic acids is 1. The summed E-state index contributed by atoms with van der Waals surface area (Å²) in [6.07, 6.45) is 10.4. The lowest BCUT2D eigenvalue weighted by molar-refractivity contribution is 0.0601. The summed E-state index contributed by atoms with van der Waals surface area (Å²) in [4.78, 5) is 18.8. The Labute approximate surface area is 195 Å². The molecule has 1 atom stereocenters. The first kappa shape index (κ1) is 21.5. The molecular weight excluding hydrogens is 410 g/mol. The number of rotatable bonds is 5. The molecule has 0 amide bonds. The summed E-state index contributed by atoms with van der Waals surface area (Å²) in [7, 11) is 1.41. The molecule has 3 aromatic rings. The van der Waals surface area contributed by atoms with E-state index >= 15 is 0 Å². The minimum Gasteiger partial charge on any atom is -0.465 e. The van der Waals surface area contributed by atoms with Crippen LogP contribution in [0, 0.1) is 0 Å². The highest BCUT2D eigenvalue weighted by atomic mass is 16.5. The Morgan fingerprint density at radius 1 is 1.09 bits per heavy atom. The van der Waals surface area contributed by atoms with E-state index in [-0.39, 0.29) is 5.97 Å². The van der Waals surface area contributed by atoms with Crippen LogP contribution in [0.1, 0.15) is 58.6 Å². The lowest BCUT2D eigenvalue weighted by Crippen LogP contribution is -2.21. The highest BCUT2D eigenvalue weighted by Gasteiger charge is 2.23. The van der Waals surface area contributed by atoms with E-state index < -0.39 is 0 Å². The zero-order valence-corrected chi connectivity index (χ0v) is 19.2. The summed E-state index contributed by atoms with van der Waals surface area (Å²) in [5.41, 5.74) is 8.24. The quantitative estimate of drug-likeness (QED) is 0.502. The van der Waals surface area contributed by atoms with E-state index in [4.69, 9.17) is 4.74 Å². The first-order valence-corrected chi connectivity index (χ1v) is 12.0. The van der Waals surface area contributed by atoms with Gasteiger partial charge in [-0.3, -0.25) is 4.98 Å². The molecule has 5 nitrogen and oxygen atoms in total. The number of aryl methyl sites for hydroxylation is 2. The van der Waals surface area contributed by atoms with Crippen LogP contribution in [0.5, 0.6) is 0 Å². The van der Waals surface area contributed by atoms with Crippen molar-refractivity contribution in [2.24, 2.45) is 0 Å². The second-order valence-corrected chi connectivity index (χ2v) is 9.00. The van der Waals surface area contributed by atoms with Gasteiger partial charge in [0, 0.05) is 36.6 Å². The third-order valence-electron chi connectivity index (χ3n) is 7.00. The van der Waals surface area contributed by atoms with Crippen molar-refractivity contribution >= 4 is 23.0 Å². The van der Waals surface area contributed by atoms with Crippen molar-refractivity contribution in [3.05, 3.63) is 83.2 Å². The standard InChI is InChI=1S/C28H31N3O2/c1-33-28(32)25-14-15-29-19-26(25)30-18-22-10-6-9-21-17-23(12-13-24(21)22)31-16-5-4-8-20-7-2-3-11-27(20)31/h2-3,7,11-15,17,19,22,30H,4-6,8-10,16,18H2,1H3/t22-/m0/s1. The fourth-order valence-electron chi connectivity index (χ4n) is 5.30. The molecule has 2 aliphatic rings. The number of anilines is 3. The molecule has 1 aromatic heterocycles. The van der Waals surface area contributed by atoms with Gasteiger partial charge in [0.25, 0.3) is 0 Å². The predicted octanol–water partition coefficient (Wildman–Crippen LogP) is 5.87. The summed E-state index contributed by atoms with van der Waals surface area (Å²) < 4.78 is 4.92. The maximum absolute atomic E-state index is 12.1. The van der Waals surface area contributed by atoms with Crippen molar-refractivity contribution in [3.8, 4) is 0 Å². The van der Waals surface area contributed by atoms with E-state index in [1.54, 1.807) is 18.5 Å². The van der Waals surface area contributed by atoms with Gasteiger partial charge >= 0.3 is 5.97 Å². The molecule has 0 fully saturated rings. The Morgan fingerprint density at radius 3 is 2.88 bits per heavy atom. The van der Waals surface area contributed by atoms with Gasteiger partial charge in [-0.15, -0.1) is 0 Å². The Hall–Kier alpha value is -3.34. The van der Waals surface area contributed by atoms with Crippen molar-refractivity contribution in [2.75, 3.05) is 30.4 Å². The van der Waals surface area contributed by atoms with Crippen LogP contribution in [0.2, 0.25) is 0 Å². The van der Waals surface area contributed by atoms with Gasteiger partial charge in [-0.05, 0) is 79.5 Å². The van der Waals surface area contributed by atoms with Gasteiger partial charge in [-0.25, -0.2) is 4.79 Å². The molecule has 170 valence electrons. The van der Waals surface area contributed by atoms with E-state index in [0.29, 0.717) is 11.5 Å².